The van der Waals surface area contributed by atoms with Gasteiger partial charge in [0, 0.05) is 18.1 Å². The van der Waals surface area contributed by atoms with Crippen LogP contribution in [-0.4, -0.2) is 36.1 Å². The van der Waals surface area contributed by atoms with Crippen LogP contribution in [-0.2, 0) is 0 Å². The Hall–Kier alpha value is -0.0800. The van der Waals surface area contributed by atoms with Gasteiger partial charge in [-0.2, -0.15) is 0 Å². The molecule has 2 saturated heterocycles. The standard InChI is InChI=1S/C18H36N2/c1-3-4-5-6-7-11-16(2)20-15-9-8-13-18(20)17-12-10-14-19-17/h16-19H,3-15H2,1-2H3. The number of likely N-dealkylation sites (tertiary alicyclic amines) is 1. The van der Waals surface area contributed by atoms with Gasteiger partial charge in [0.1, 0.15) is 0 Å². The third kappa shape index (κ3) is 4.73. The number of rotatable bonds is 8. The Balaban J connectivity index is 1.74. The van der Waals surface area contributed by atoms with Gasteiger partial charge in [0.2, 0.25) is 0 Å². The summed E-state index contributed by atoms with van der Waals surface area (Å²) in [6.45, 7) is 7.38. The Bertz CT molecular complexity index is 248. The van der Waals surface area contributed by atoms with Crippen LogP contribution < -0.4 is 5.32 Å². The highest BCUT2D eigenvalue weighted by Crippen LogP contribution is 2.27. The van der Waals surface area contributed by atoms with Gasteiger partial charge in [-0.05, 0) is 52.1 Å². The number of hydrogen-bond acceptors (Lipinski definition) is 2. The lowest BCUT2D eigenvalue weighted by Crippen LogP contribution is -2.53. The molecule has 2 aliphatic rings. The molecule has 2 heterocycles. The zero-order chi connectivity index (χ0) is 14.2. The van der Waals surface area contributed by atoms with E-state index in [1.165, 1.54) is 83.7 Å². The second-order valence-electron chi connectivity index (χ2n) is 7.06. The zero-order valence-corrected chi connectivity index (χ0v) is 13.9. The molecule has 2 fully saturated rings. The van der Waals surface area contributed by atoms with Gasteiger partial charge in [0.05, 0.1) is 0 Å². The van der Waals surface area contributed by atoms with Crippen molar-refractivity contribution in [2.75, 3.05) is 13.1 Å². The van der Waals surface area contributed by atoms with Crippen LogP contribution in [0.25, 0.3) is 0 Å². The molecule has 1 N–H and O–H groups in total. The molecule has 118 valence electrons. The fourth-order valence-corrected chi connectivity index (χ4v) is 4.21. The maximum atomic E-state index is 3.75. The van der Waals surface area contributed by atoms with Crippen molar-refractivity contribution in [2.24, 2.45) is 0 Å². The van der Waals surface area contributed by atoms with Crippen molar-refractivity contribution in [3.63, 3.8) is 0 Å². The minimum Gasteiger partial charge on any atom is -0.312 e. The van der Waals surface area contributed by atoms with E-state index in [4.69, 9.17) is 0 Å². The van der Waals surface area contributed by atoms with Gasteiger partial charge in [-0.3, -0.25) is 4.90 Å². The molecule has 0 saturated carbocycles. The van der Waals surface area contributed by atoms with Crippen LogP contribution >= 0.6 is 0 Å². The van der Waals surface area contributed by atoms with Crippen molar-refractivity contribution in [1.29, 1.82) is 0 Å². The first-order chi connectivity index (χ1) is 9.83. The zero-order valence-electron chi connectivity index (χ0n) is 13.9. The second kappa shape index (κ2) is 9.04. The first-order valence-electron chi connectivity index (χ1n) is 9.32. The normalized spacial score (nSPS) is 29.7. The number of unbranched alkanes of at least 4 members (excludes halogenated alkanes) is 4. The van der Waals surface area contributed by atoms with Gasteiger partial charge >= 0.3 is 0 Å². The molecule has 0 aliphatic carbocycles. The Labute approximate surface area is 126 Å². The summed E-state index contributed by atoms with van der Waals surface area (Å²) < 4.78 is 0. The van der Waals surface area contributed by atoms with Crippen LogP contribution in [0, 0.1) is 0 Å². The van der Waals surface area contributed by atoms with Gasteiger partial charge in [-0.15, -0.1) is 0 Å². The molecule has 0 bridgehead atoms. The smallest absolute Gasteiger partial charge is 0.0252 e. The summed E-state index contributed by atoms with van der Waals surface area (Å²) >= 11 is 0. The maximum absolute atomic E-state index is 3.75. The molecular formula is C18H36N2. The molecule has 20 heavy (non-hydrogen) atoms. The quantitative estimate of drug-likeness (QED) is 0.665. The summed E-state index contributed by atoms with van der Waals surface area (Å²) in [7, 11) is 0. The van der Waals surface area contributed by atoms with E-state index < -0.39 is 0 Å². The van der Waals surface area contributed by atoms with E-state index in [2.05, 4.69) is 24.1 Å². The molecule has 3 unspecified atom stereocenters. The fourth-order valence-electron chi connectivity index (χ4n) is 4.21. The van der Waals surface area contributed by atoms with Crippen LogP contribution in [0.4, 0.5) is 0 Å². The predicted molar refractivity (Wildman–Crippen MR) is 88.2 cm³/mol. The van der Waals surface area contributed by atoms with Crippen LogP contribution in [0.5, 0.6) is 0 Å². The molecule has 2 aliphatic heterocycles. The predicted octanol–water partition coefficient (Wildman–Crippen LogP) is 4.34. The lowest BCUT2D eigenvalue weighted by molar-refractivity contribution is 0.0753. The molecule has 2 nitrogen and oxygen atoms in total. The van der Waals surface area contributed by atoms with Crippen molar-refractivity contribution in [1.82, 2.24) is 10.2 Å². The van der Waals surface area contributed by atoms with E-state index >= 15 is 0 Å². The third-order valence-electron chi connectivity index (χ3n) is 5.45. The monoisotopic (exact) mass is 280 g/mol. The number of hydrogen-bond donors (Lipinski definition) is 1. The molecule has 0 aromatic heterocycles. The van der Waals surface area contributed by atoms with E-state index in [1.807, 2.05) is 0 Å². The minimum atomic E-state index is 0.790. The summed E-state index contributed by atoms with van der Waals surface area (Å²) in [6, 6.07) is 2.42. The molecule has 0 amide bonds. The van der Waals surface area contributed by atoms with Gasteiger partial charge in [0.25, 0.3) is 0 Å². The Morgan fingerprint density at radius 2 is 1.90 bits per heavy atom. The molecule has 2 heteroatoms. The summed E-state index contributed by atoms with van der Waals surface area (Å²) in [4.78, 5) is 2.85. The lowest BCUT2D eigenvalue weighted by Gasteiger charge is -2.43. The molecule has 0 aromatic rings. The second-order valence-corrected chi connectivity index (χ2v) is 7.06. The summed E-state index contributed by atoms with van der Waals surface area (Å²) in [5.74, 6) is 0. The average Bonchev–Trinajstić information content (AvgIpc) is 3.01. The maximum Gasteiger partial charge on any atom is 0.0252 e. The van der Waals surface area contributed by atoms with Crippen molar-refractivity contribution < 1.29 is 0 Å². The van der Waals surface area contributed by atoms with E-state index in [9.17, 15) is 0 Å². The van der Waals surface area contributed by atoms with Crippen LogP contribution in [0.2, 0.25) is 0 Å². The lowest BCUT2D eigenvalue weighted by atomic mass is 9.92. The summed E-state index contributed by atoms with van der Waals surface area (Å²) in [6.07, 6.45) is 15.6. The molecule has 0 aromatic carbocycles. The van der Waals surface area contributed by atoms with E-state index in [0.29, 0.717) is 0 Å². The van der Waals surface area contributed by atoms with E-state index in [0.717, 1.165) is 18.1 Å². The van der Waals surface area contributed by atoms with E-state index in [1.54, 1.807) is 0 Å². The van der Waals surface area contributed by atoms with Crippen molar-refractivity contribution in [2.45, 2.75) is 103 Å². The largest absolute Gasteiger partial charge is 0.312 e. The minimum absolute atomic E-state index is 0.790. The molecule has 3 atom stereocenters. The topological polar surface area (TPSA) is 15.3 Å². The fraction of sp³-hybridized carbons (Fsp3) is 1.00. The van der Waals surface area contributed by atoms with Gasteiger partial charge in [-0.25, -0.2) is 0 Å². The molecule has 2 rings (SSSR count). The highest BCUT2D eigenvalue weighted by Gasteiger charge is 2.33. The number of nitrogens with one attached hydrogen (secondary N) is 1. The third-order valence-corrected chi connectivity index (χ3v) is 5.45. The molecular weight excluding hydrogens is 244 g/mol. The average molecular weight is 280 g/mol. The summed E-state index contributed by atoms with van der Waals surface area (Å²) in [5.41, 5.74) is 0. The molecule has 0 spiro atoms. The Morgan fingerprint density at radius 3 is 2.65 bits per heavy atom. The van der Waals surface area contributed by atoms with Crippen LogP contribution in [0.3, 0.4) is 0 Å². The number of nitrogens with zero attached hydrogens (tertiary/aromatic N) is 1. The van der Waals surface area contributed by atoms with Crippen LogP contribution in [0.15, 0.2) is 0 Å². The first-order valence-corrected chi connectivity index (χ1v) is 9.32. The van der Waals surface area contributed by atoms with Gasteiger partial charge < -0.3 is 5.32 Å². The number of piperidine rings is 1. The Morgan fingerprint density at radius 1 is 1.05 bits per heavy atom. The highest BCUT2D eigenvalue weighted by atomic mass is 15.2. The SMILES string of the molecule is CCCCCCCC(C)N1CCCCC1C1CCCN1. The van der Waals surface area contributed by atoms with Crippen molar-refractivity contribution in [3.05, 3.63) is 0 Å². The first kappa shape index (κ1) is 16.3. The van der Waals surface area contributed by atoms with Crippen LogP contribution in [0.1, 0.15) is 84.5 Å². The van der Waals surface area contributed by atoms with Crippen molar-refractivity contribution >= 4 is 0 Å². The summed E-state index contributed by atoms with van der Waals surface area (Å²) in [5, 5.41) is 3.75. The van der Waals surface area contributed by atoms with Gasteiger partial charge in [0.15, 0.2) is 0 Å². The van der Waals surface area contributed by atoms with Crippen molar-refractivity contribution in [3.8, 4) is 0 Å². The Kier molecular flexibility index (Phi) is 7.37. The van der Waals surface area contributed by atoms with E-state index in [-0.39, 0.29) is 0 Å². The van der Waals surface area contributed by atoms with Gasteiger partial charge in [-0.1, -0.05) is 45.4 Å². The highest BCUT2D eigenvalue weighted by molar-refractivity contribution is 4.92. The molecule has 0 radical (unpaired) electrons.